The monoisotopic (exact) mass is 170 g/mol. The van der Waals surface area contributed by atoms with Gasteiger partial charge in [-0.3, -0.25) is 9.97 Å². The standard InChI is InChI=1S/C10H6N2O/c1-2-7-9-8(11-3-4-12-9)6(1)10(7)5-13-10/h1-4H,5H2. The van der Waals surface area contributed by atoms with Gasteiger partial charge in [0.05, 0.1) is 17.3 Å². The smallest absolute Gasteiger partial charge is 0.146 e. The van der Waals surface area contributed by atoms with Crippen LogP contribution in [-0.2, 0) is 4.74 Å². The van der Waals surface area contributed by atoms with Gasteiger partial charge in [-0.05, 0) is 0 Å². The number of hydrogen-bond acceptors (Lipinski definition) is 3. The summed E-state index contributed by atoms with van der Waals surface area (Å²) in [6.45, 7) is 0.794. The second kappa shape index (κ2) is 1.59. The van der Waals surface area contributed by atoms with Crippen LogP contribution in [0.5, 0.6) is 0 Å². The Labute approximate surface area is 74.1 Å². The first-order valence-corrected chi connectivity index (χ1v) is 4.30. The largest absolute Gasteiger partial charge is 0.359 e. The number of ether oxygens (including phenoxy) is 1. The van der Waals surface area contributed by atoms with E-state index in [0.29, 0.717) is 0 Å². The van der Waals surface area contributed by atoms with Crippen LogP contribution in [0, 0.1) is 0 Å². The number of rotatable bonds is 0. The van der Waals surface area contributed by atoms with E-state index in [4.69, 9.17) is 4.74 Å². The minimum atomic E-state index is -0.121. The number of nitrogens with zero attached hydrogens (tertiary/aromatic N) is 2. The van der Waals surface area contributed by atoms with E-state index in [1.54, 1.807) is 12.4 Å². The van der Waals surface area contributed by atoms with E-state index in [9.17, 15) is 0 Å². The molecule has 13 heavy (non-hydrogen) atoms. The molecular weight excluding hydrogens is 164 g/mol. The van der Waals surface area contributed by atoms with Gasteiger partial charge in [0.2, 0.25) is 0 Å². The topological polar surface area (TPSA) is 38.3 Å². The fraction of sp³-hybridized carbons (Fsp3) is 0.200. The Hall–Kier alpha value is -1.48. The maximum absolute atomic E-state index is 5.51. The van der Waals surface area contributed by atoms with Crippen molar-refractivity contribution in [2.24, 2.45) is 0 Å². The van der Waals surface area contributed by atoms with Crippen LogP contribution in [0.4, 0.5) is 0 Å². The average molecular weight is 170 g/mol. The lowest BCUT2D eigenvalue weighted by Crippen LogP contribution is -2.31. The van der Waals surface area contributed by atoms with Crippen molar-refractivity contribution in [3.63, 3.8) is 0 Å². The zero-order chi connectivity index (χ0) is 8.47. The lowest BCUT2D eigenvalue weighted by atomic mass is 10.0. The minimum absolute atomic E-state index is 0.121. The second-order valence-electron chi connectivity index (χ2n) is 3.53. The van der Waals surface area contributed by atoms with Gasteiger partial charge in [-0.1, -0.05) is 12.2 Å². The van der Waals surface area contributed by atoms with Gasteiger partial charge in [0.15, 0.2) is 0 Å². The van der Waals surface area contributed by atoms with Crippen LogP contribution in [0.3, 0.4) is 0 Å². The van der Waals surface area contributed by atoms with Crippen molar-refractivity contribution in [3.8, 4) is 0 Å². The number of hydrogen-bond donors (Lipinski definition) is 0. The predicted molar refractivity (Wildman–Crippen MR) is 45.9 cm³/mol. The lowest BCUT2D eigenvalue weighted by Gasteiger charge is -1.98. The Morgan fingerprint density at radius 2 is 1.62 bits per heavy atom. The van der Waals surface area contributed by atoms with E-state index in [2.05, 4.69) is 22.1 Å². The summed E-state index contributed by atoms with van der Waals surface area (Å²) in [4.78, 5) is 8.65. The fourth-order valence-electron chi connectivity index (χ4n) is 2.24. The fourth-order valence-corrected chi connectivity index (χ4v) is 2.24. The van der Waals surface area contributed by atoms with Gasteiger partial charge < -0.3 is 4.74 Å². The molecule has 3 nitrogen and oxygen atoms in total. The molecule has 1 aromatic rings. The molecule has 62 valence electrons. The third kappa shape index (κ3) is 0.489. The highest BCUT2D eigenvalue weighted by atomic mass is 16.6. The zero-order valence-corrected chi connectivity index (χ0v) is 6.82. The summed E-state index contributed by atoms with van der Waals surface area (Å²) in [5.74, 6) is 0. The van der Waals surface area contributed by atoms with Crippen LogP contribution in [-0.4, -0.2) is 22.2 Å². The summed E-state index contributed by atoms with van der Waals surface area (Å²) in [5, 5.41) is 2.02. The van der Waals surface area contributed by atoms with Gasteiger partial charge in [-0.2, -0.15) is 0 Å². The molecule has 0 N–H and O–H groups in total. The van der Waals surface area contributed by atoms with Crippen LogP contribution >= 0.6 is 0 Å². The van der Waals surface area contributed by atoms with Crippen molar-refractivity contribution < 1.29 is 4.74 Å². The van der Waals surface area contributed by atoms with Gasteiger partial charge >= 0.3 is 0 Å². The first-order valence-electron chi connectivity index (χ1n) is 4.30. The van der Waals surface area contributed by atoms with Crippen molar-refractivity contribution in [2.45, 2.75) is 5.60 Å². The molecule has 1 saturated heterocycles. The molecule has 0 aromatic carbocycles. The van der Waals surface area contributed by atoms with Crippen LogP contribution < -0.4 is 10.7 Å². The molecule has 1 aliphatic heterocycles. The van der Waals surface area contributed by atoms with E-state index in [1.807, 2.05) is 0 Å². The Balaban J connectivity index is 2.34. The summed E-state index contributed by atoms with van der Waals surface area (Å²) in [6, 6.07) is 0. The van der Waals surface area contributed by atoms with Gasteiger partial charge in [-0.15, -0.1) is 0 Å². The Morgan fingerprint density at radius 1 is 1.08 bits per heavy atom. The molecule has 0 atom stereocenters. The number of aromatic nitrogens is 2. The Morgan fingerprint density at radius 3 is 2.08 bits per heavy atom. The normalized spacial score (nSPS) is 24.3. The van der Waals surface area contributed by atoms with E-state index >= 15 is 0 Å². The van der Waals surface area contributed by atoms with E-state index in [0.717, 1.165) is 17.3 Å². The molecule has 3 aliphatic rings. The maximum atomic E-state index is 5.51. The Kier molecular flexibility index (Phi) is 0.738. The van der Waals surface area contributed by atoms with Gasteiger partial charge in [0.1, 0.15) is 5.60 Å². The van der Waals surface area contributed by atoms with Crippen molar-refractivity contribution in [2.75, 3.05) is 6.61 Å². The molecule has 2 heterocycles. The quantitative estimate of drug-likeness (QED) is 0.475. The van der Waals surface area contributed by atoms with Crippen LogP contribution in [0.25, 0.3) is 11.1 Å². The molecule has 0 unspecified atom stereocenters. The highest BCUT2D eigenvalue weighted by molar-refractivity contribution is 5.96. The SMILES string of the molecule is C1=CC2=c3nccnc3=C1C21CO1. The molecule has 2 bridgehead atoms. The lowest BCUT2D eigenvalue weighted by molar-refractivity contribution is 0.409. The van der Waals surface area contributed by atoms with E-state index in [-0.39, 0.29) is 5.60 Å². The minimum Gasteiger partial charge on any atom is -0.359 e. The average Bonchev–Trinajstić information content (AvgIpc) is 2.81. The van der Waals surface area contributed by atoms with E-state index < -0.39 is 0 Å². The molecule has 2 aliphatic carbocycles. The number of fused-ring (bicyclic) bond motifs is 1. The Bertz CT molecular complexity index is 520. The van der Waals surface area contributed by atoms with Crippen LogP contribution in [0.2, 0.25) is 0 Å². The van der Waals surface area contributed by atoms with Crippen LogP contribution in [0.15, 0.2) is 24.5 Å². The second-order valence-corrected chi connectivity index (χ2v) is 3.53. The van der Waals surface area contributed by atoms with Crippen molar-refractivity contribution >= 4 is 11.1 Å². The highest BCUT2D eigenvalue weighted by Gasteiger charge is 2.56. The van der Waals surface area contributed by atoms with E-state index in [1.165, 1.54) is 11.1 Å². The third-order valence-electron chi connectivity index (χ3n) is 2.93. The third-order valence-corrected chi connectivity index (χ3v) is 2.93. The molecule has 0 saturated carbocycles. The van der Waals surface area contributed by atoms with Crippen LogP contribution in [0.1, 0.15) is 0 Å². The molecule has 1 fully saturated rings. The molecule has 0 radical (unpaired) electrons. The molecule has 0 amide bonds. The maximum Gasteiger partial charge on any atom is 0.146 e. The summed E-state index contributed by atoms with van der Waals surface area (Å²) in [5.41, 5.74) is 2.28. The molecule has 3 heteroatoms. The van der Waals surface area contributed by atoms with Crippen molar-refractivity contribution in [3.05, 3.63) is 35.2 Å². The van der Waals surface area contributed by atoms with Crippen molar-refractivity contribution in [1.82, 2.24) is 9.97 Å². The van der Waals surface area contributed by atoms with Gasteiger partial charge in [-0.25, -0.2) is 0 Å². The van der Waals surface area contributed by atoms with Crippen molar-refractivity contribution in [1.29, 1.82) is 0 Å². The summed E-state index contributed by atoms with van der Waals surface area (Å²) in [7, 11) is 0. The summed E-state index contributed by atoms with van der Waals surface area (Å²) >= 11 is 0. The van der Waals surface area contributed by atoms with Gasteiger partial charge in [0.25, 0.3) is 0 Å². The van der Waals surface area contributed by atoms with Gasteiger partial charge in [0, 0.05) is 23.5 Å². The summed E-state index contributed by atoms with van der Waals surface area (Å²) in [6.07, 6.45) is 7.66. The molecular formula is C10H6N2O. The first kappa shape index (κ1) is 6.05. The first-order chi connectivity index (χ1) is 6.42. The molecule has 1 spiro atoms. The zero-order valence-electron chi connectivity index (χ0n) is 6.82. The predicted octanol–water partition coefficient (Wildman–Crippen LogP) is -0.870. The highest BCUT2D eigenvalue weighted by Crippen LogP contribution is 2.49. The number of epoxide rings is 1. The molecule has 1 aromatic heterocycles. The summed E-state index contributed by atoms with van der Waals surface area (Å²) < 4.78 is 5.51. The molecule has 4 rings (SSSR count).